The normalized spacial score (nSPS) is 12.1. The molecule has 0 spiro atoms. The highest BCUT2D eigenvalue weighted by atomic mass is 32.2. The zero-order valence-corrected chi connectivity index (χ0v) is 19.6. The topological polar surface area (TPSA) is 101 Å². The van der Waals surface area contributed by atoms with Crippen molar-refractivity contribution in [1.29, 1.82) is 0 Å². The summed E-state index contributed by atoms with van der Waals surface area (Å²) >= 11 is 0. The summed E-state index contributed by atoms with van der Waals surface area (Å²) in [4.78, 5) is 15.7. The molecule has 1 N–H and O–H groups in total. The lowest BCUT2D eigenvalue weighted by Crippen LogP contribution is -2.27. The van der Waals surface area contributed by atoms with E-state index in [0.29, 0.717) is 28.0 Å². The molecule has 1 heterocycles. The number of sulfonamides is 1. The number of hydrogen-bond acceptors (Lipinski definition) is 5. The van der Waals surface area contributed by atoms with Gasteiger partial charge in [0.1, 0.15) is 5.52 Å². The fourth-order valence-corrected chi connectivity index (χ4v) is 5.10. The number of nitrogens with zero attached hydrogens (tertiary/aromatic N) is 2. The standard InChI is InChI=1S/C25H24N2O5S/c1-16-5-11-20(14-21(16)24(28)29)33(30,31)27(18-8-6-17(7-9-18)25(2,3)4)19-10-12-23-22(13-19)26-15-32-23/h5-15H,1-4H3,(H,28,29). The lowest BCUT2D eigenvalue weighted by Gasteiger charge is -2.26. The van der Waals surface area contributed by atoms with E-state index in [-0.39, 0.29) is 15.9 Å². The van der Waals surface area contributed by atoms with Crippen molar-refractivity contribution in [3.63, 3.8) is 0 Å². The van der Waals surface area contributed by atoms with Crippen molar-refractivity contribution in [2.45, 2.75) is 38.0 Å². The van der Waals surface area contributed by atoms with E-state index in [2.05, 4.69) is 25.8 Å². The van der Waals surface area contributed by atoms with Gasteiger partial charge in [0.15, 0.2) is 12.0 Å². The molecule has 0 unspecified atom stereocenters. The van der Waals surface area contributed by atoms with Gasteiger partial charge >= 0.3 is 5.97 Å². The Morgan fingerprint density at radius 1 is 0.970 bits per heavy atom. The van der Waals surface area contributed by atoms with Crippen LogP contribution < -0.4 is 4.31 Å². The van der Waals surface area contributed by atoms with Crippen LogP contribution in [-0.4, -0.2) is 24.5 Å². The van der Waals surface area contributed by atoms with Gasteiger partial charge < -0.3 is 9.52 Å². The van der Waals surface area contributed by atoms with Gasteiger partial charge in [-0.25, -0.2) is 22.5 Å². The van der Waals surface area contributed by atoms with Crippen molar-refractivity contribution in [1.82, 2.24) is 4.98 Å². The summed E-state index contributed by atoms with van der Waals surface area (Å²) in [5, 5.41) is 9.50. The van der Waals surface area contributed by atoms with E-state index in [1.54, 1.807) is 37.3 Å². The van der Waals surface area contributed by atoms with Gasteiger partial charge in [-0.3, -0.25) is 0 Å². The van der Waals surface area contributed by atoms with E-state index >= 15 is 0 Å². The molecule has 0 aliphatic rings. The number of rotatable bonds is 5. The van der Waals surface area contributed by atoms with Crippen LogP contribution in [0.25, 0.3) is 11.1 Å². The number of carboxylic acid groups (broad SMARTS) is 1. The van der Waals surface area contributed by atoms with Crippen molar-refractivity contribution in [2.75, 3.05) is 4.31 Å². The van der Waals surface area contributed by atoms with Gasteiger partial charge in [-0.1, -0.05) is 39.0 Å². The highest BCUT2D eigenvalue weighted by Gasteiger charge is 2.29. The number of anilines is 2. The molecule has 0 saturated heterocycles. The number of oxazole rings is 1. The minimum Gasteiger partial charge on any atom is -0.478 e. The lowest BCUT2D eigenvalue weighted by molar-refractivity contribution is 0.0696. The highest BCUT2D eigenvalue weighted by Crippen LogP contribution is 2.36. The largest absolute Gasteiger partial charge is 0.478 e. The lowest BCUT2D eigenvalue weighted by atomic mass is 9.87. The Morgan fingerprint density at radius 3 is 2.27 bits per heavy atom. The predicted molar refractivity (Wildman–Crippen MR) is 127 cm³/mol. The molecule has 3 aromatic carbocycles. The Hall–Kier alpha value is -3.65. The monoisotopic (exact) mass is 464 g/mol. The maximum atomic E-state index is 13.9. The highest BCUT2D eigenvalue weighted by molar-refractivity contribution is 7.93. The molecule has 7 nitrogen and oxygen atoms in total. The van der Waals surface area contributed by atoms with Gasteiger partial charge in [0, 0.05) is 0 Å². The van der Waals surface area contributed by atoms with Gasteiger partial charge in [-0.2, -0.15) is 0 Å². The van der Waals surface area contributed by atoms with E-state index in [1.165, 1.54) is 28.9 Å². The van der Waals surface area contributed by atoms with E-state index in [1.807, 2.05) is 12.1 Å². The molecule has 33 heavy (non-hydrogen) atoms. The molecule has 170 valence electrons. The summed E-state index contributed by atoms with van der Waals surface area (Å²) in [7, 11) is -4.17. The summed E-state index contributed by atoms with van der Waals surface area (Å²) in [5.74, 6) is -1.19. The maximum Gasteiger partial charge on any atom is 0.335 e. The van der Waals surface area contributed by atoms with Gasteiger partial charge in [0.05, 0.1) is 21.8 Å². The van der Waals surface area contributed by atoms with Crippen molar-refractivity contribution >= 4 is 38.5 Å². The first kappa shape index (κ1) is 22.5. The molecule has 0 aliphatic carbocycles. The molecule has 0 amide bonds. The molecule has 0 radical (unpaired) electrons. The average Bonchev–Trinajstić information content (AvgIpc) is 3.21. The van der Waals surface area contributed by atoms with Crippen LogP contribution in [0.3, 0.4) is 0 Å². The third kappa shape index (κ3) is 4.21. The molecule has 8 heteroatoms. The molecular formula is C25H24N2O5S. The van der Waals surface area contributed by atoms with E-state index in [4.69, 9.17) is 4.42 Å². The fraction of sp³-hybridized carbons (Fsp3) is 0.200. The summed E-state index contributed by atoms with van der Waals surface area (Å²) in [6.45, 7) is 7.86. The molecule has 0 aliphatic heterocycles. The second-order valence-corrected chi connectivity index (χ2v) is 10.6. The Bertz CT molecular complexity index is 1450. The van der Waals surface area contributed by atoms with Crippen molar-refractivity contribution in [3.05, 3.63) is 83.7 Å². The Morgan fingerprint density at radius 2 is 1.64 bits per heavy atom. The maximum absolute atomic E-state index is 13.9. The molecule has 4 aromatic rings. The first-order chi connectivity index (χ1) is 15.5. The number of aromatic nitrogens is 1. The number of carboxylic acids is 1. The molecule has 4 rings (SSSR count). The zero-order valence-electron chi connectivity index (χ0n) is 18.7. The minimum absolute atomic E-state index is 0.0638. The summed E-state index contributed by atoms with van der Waals surface area (Å²) < 4.78 is 34.2. The SMILES string of the molecule is Cc1ccc(S(=O)(=O)N(c2ccc(C(C)(C)C)cc2)c2ccc3ocnc3c2)cc1C(=O)O. The van der Waals surface area contributed by atoms with Gasteiger partial charge in [-0.15, -0.1) is 0 Å². The molecule has 0 atom stereocenters. The van der Waals surface area contributed by atoms with E-state index in [0.717, 1.165) is 5.56 Å². The Kier molecular flexibility index (Phi) is 5.49. The smallest absolute Gasteiger partial charge is 0.335 e. The molecular weight excluding hydrogens is 440 g/mol. The molecule has 0 saturated carbocycles. The summed E-state index contributed by atoms with van der Waals surface area (Å²) in [6, 6.07) is 16.3. The summed E-state index contributed by atoms with van der Waals surface area (Å²) in [6.07, 6.45) is 1.30. The number of hydrogen-bond donors (Lipinski definition) is 1. The van der Waals surface area contributed by atoms with Crippen LogP contribution in [0, 0.1) is 6.92 Å². The Labute approximate surface area is 192 Å². The number of fused-ring (bicyclic) bond motifs is 1. The van der Waals surface area contributed by atoms with Gasteiger partial charge in [-0.05, 0) is 65.9 Å². The molecule has 1 aromatic heterocycles. The van der Waals surface area contributed by atoms with Crippen molar-refractivity contribution in [3.8, 4) is 0 Å². The number of aromatic carboxylic acids is 1. The Balaban J connectivity index is 1.92. The average molecular weight is 465 g/mol. The predicted octanol–water partition coefficient (Wildman–Crippen LogP) is 5.66. The van der Waals surface area contributed by atoms with Crippen molar-refractivity contribution in [2.24, 2.45) is 0 Å². The van der Waals surface area contributed by atoms with Crippen molar-refractivity contribution < 1.29 is 22.7 Å². The van der Waals surface area contributed by atoms with Gasteiger partial charge in [0.2, 0.25) is 0 Å². The quantitative estimate of drug-likeness (QED) is 0.409. The van der Waals surface area contributed by atoms with E-state index in [9.17, 15) is 18.3 Å². The fourth-order valence-electron chi connectivity index (χ4n) is 3.59. The minimum atomic E-state index is -4.17. The zero-order chi connectivity index (χ0) is 24.0. The molecule has 0 bridgehead atoms. The third-order valence-corrected chi connectivity index (χ3v) is 7.25. The first-order valence-electron chi connectivity index (χ1n) is 10.3. The summed E-state index contributed by atoms with van der Waals surface area (Å²) in [5.41, 5.74) is 3.18. The van der Waals surface area contributed by atoms with Gasteiger partial charge in [0.25, 0.3) is 10.0 Å². The van der Waals surface area contributed by atoms with Crippen LogP contribution in [0.15, 0.2) is 76.4 Å². The van der Waals surface area contributed by atoms with Crippen LogP contribution in [-0.2, 0) is 15.4 Å². The number of aryl methyl sites for hydroxylation is 1. The first-order valence-corrected chi connectivity index (χ1v) is 11.8. The number of carbonyl (C=O) groups is 1. The third-order valence-electron chi connectivity index (χ3n) is 5.49. The van der Waals surface area contributed by atoms with Crippen LogP contribution >= 0.6 is 0 Å². The van der Waals surface area contributed by atoms with Crippen LogP contribution in [0.1, 0.15) is 42.3 Å². The second-order valence-electron chi connectivity index (χ2n) is 8.85. The van der Waals surface area contributed by atoms with Crippen LogP contribution in [0.2, 0.25) is 0 Å². The van der Waals surface area contributed by atoms with Crippen LogP contribution in [0.5, 0.6) is 0 Å². The van der Waals surface area contributed by atoms with E-state index < -0.39 is 16.0 Å². The van der Waals surface area contributed by atoms with Crippen LogP contribution in [0.4, 0.5) is 11.4 Å². The molecule has 0 fully saturated rings. The second kappa shape index (κ2) is 8.04. The number of benzene rings is 3.